The fourth-order valence-corrected chi connectivity index (χ4v) is 3.50. The van der Waals surface area contributed by atoms with E-state index < -0.39 is 0 Å². The van der Waals surface area contributed by atoms with Gasteiger partial charge in [-0.3, -0.25) is 0 Å². The van der Waals surface area contributed by atoms with E-state index in [4.69, 9.17) is 0 Å². The summed E-state index contributed by atoms with van der Waals surface area (Å²) < 4.78 is 0. The SMILES string of the molecule is CNCC1CCN(CC2Cc3ccccc32)CC1. The third-order valence-corrected chi connectivity index (χ3v) is 4.64. The largest absolute Gasteiger partial charge is 0.319 e. The van der Waals surface area contributed by atoms with Crippen molar-refractivity contribution in [1.82, 2.24) is 10.2 Å². The molecule has 3 rings (SSSR count). The van der Waals surface area contributed by atoms with E-state index in [1.807, 2.05) is 0 Å². The smallest absolute Gasteiger partial charge is 0.00536 e. The van der Waals surface area contributed by atoms with Crippen LogP contribution in [0.2, 0.25) is 0 Å². The van der Waals surface area contributed by atoms with Crippen molar-refractivity contribution in [1.29, 1.82) is 0 Å². The molecule has 1 aliphatic carbocycles. The lowest BCUT2D eigenvalue weighted by atomic mass is 9.77. The molecule has 1 fully saturated rings. The summed E-state index contributed by atoms with van der Waals surface area (Å²) >= 11 is 0. The molecule has 18 heavy (non-hydrogen) atoms. The number of nitrogens with zero attached hydrogens (tertiary/aromatic N) is 1. The molecule has 1 aliphatic heterocycles. The quantitative estimate of drug-likeness (QED) is 0.874. The third kappa shape index (κ3) is 2.45. The summed E-state index contributed by atoms with van der Waals surface area (Å²) in [5.74, 6) is 1.71. The van der Waals surface area contributed by atoms with Crippen molar-refractivity contribution in [2.75, 3.05) is 33.2 Å². The summed E-state index contributed by atoms with van der Waals surface area (Å²) in [4.78, 5) is 2.67. The molecule has 0 saturated carbocycles. The van der Waals surface area contributed by atoms with Gasteiger partial charge in [0.25, 0.3) is 0 Å². The zero-order valence-electron chi connectivity index (χ0n) is 11.4. The first-order chi connectivity index (χ1) is 8.86. The van der Waals surface area contributed by atoms with Gasteiger partial charge >= 0.3 is 0 Å². The second kappa shape index (κ2) is 5.41. The Balaban J connectivity index is 1.49. The average Bonchev–Trinajstić information content (AvgIpc) is 2.38. The fraction of sp³-hybridized carbons (Fsp3) is 0.625. The maximum atomic E-state index is 3.31. The number of hydrogen-bond acceptors (Lipinski definition) is 2. The minimum Gasteiger partial charge on any atom is -0.319 e. The van der Waals surface area contributed by atoms with E-state index in [0.717, 1.165) is 11.8 Å². The van der Waals surface area contributed by atoms with Gasteiger partial charge in [-0.25, -0.2) is 0 Å². The summed E-state index contributed by atoms with van der Waals surface area (Å²) in [6, 6.07) is 8.95. The molecule has 2 heteroatoms. The van der Waals surface area contributed by atoms with Gasteiger partial charge < -0.3 is 10.2 Å². The van der Waals surface area contributed by atoms with Gasteiger partial charge in [0.15, 0.2) is 0 Å². The first kappa shape index (κ1) is 12.2. The summed E-state index contributed by atoms with van der Waals surface area (Å²) in [5, 5.41) is 3.31. The predicted octanol–water partition coefficient (Wildman–Crippen LogP) is 2.26. The van der Waals surface area contributed by atoms with Crippen molar-refractivity contribution < 1.29 is 0 Å². The number of likely N-dealkylation sites (tertiary alicyclic amines) is 1. The van der Waals surface area contributed by atoms with Crippen LogP contribution >= 0.6 is 0 Å². The molecule has 0 spiro atoms. The van der Waals surface area contributed by atoms with Crippen LogP contribution in [-0.2, 0) is 6.42 Å². The number of nitrogens with one attached hydrogen (secondary N) is 1. The number of benzene rings is 1. The molecule has 98 valence electrons. The molecule has 0 amide bonds. The van der Waals surface area contributed by atoms with Crippen LogP contribution in [0.1, 0.15) is 29.9 Å². The highest BCUT2D eigenvalue weighted by Crippen LogP contribution is 2.35. The van der Waals surface area contributed by atoms with Gasteiger partial charge in [0.05, 0.1) is 0 Å². The Morgan fingerprint density at radius 3 is 2.72 bits per heavy atom. The highest BCUT2D eigenvalue weighted by molar-refractivity contribution is 5.40. The van der Waals surface area contributed by atoms with Crippen LogP contribution in [0.3, 0.4) is 0 Å². The molecule has 2 aliphatic rings. The summed E-state index contributed by atoms with van der Waals surface area (Å²) in [7, 11) is 2.07. The van der Waals surface area contributed by atoms with Crippen LogP contribution in [0.15, 0.2) is 24.3 Å². The molecule has 1 saturated heterocycles. The molecular weight excluding hydrogens is 220 g/mol. The molecule has 1 aromatic carbocycles. The first-order valence-electron chi connectivity index (χ1n) is 7.31. The van der Waals surface area contributed by atoms with Crippen molar-refractivity contribution in [3.8, 4) is 0 Å². The second-order valence-electron chi connectivity index (χ2n) is 5.90. The zero-order chi connectivity index (χ0) is 12.4. The van der Waals surface area contributed by atoms with Crippen LogP contribution in [0.4, 0.5) is 0 Å². The summed E-state index contributed by atoms with van der Waals surface area (Å²) in [6.45, 7) is 5.07. The Morgan fingerprint density at radius 2 is 2.00 bits per heavy atom. The maximum absolute atomic E-state index is 3.31. The van der Waals surface area contributed by atoms with E-state index in [1.165, 1.54) is 45.4 Å². The Hall–Kier alpha value is -0.860. The molecule has 1 unspecified atom stereocenters. The molecule has 1 aromatic rings. The predicted molar refractivity (Wildman–Crippen MR) is 76.0 cm³/mol. The Morgan fingerprint density at radius 1 is 1.22 bits per heavy atom. The second-order valence-corrected chi connectivity index (χ2v) is 5.90. The van der Waals surface area contributed by atoms with Crippen LogP contribution in [-0.4, -0.2) is 38.1 Å². The summed E-state index contributed by atoms with van der Waals surface area (Å²) in [5.41, 5.74) is 3.18. The van der Waals surface area contributed by atoms with E-state index in [9.17, 15) is 0 Å². The first-order valence-corrected chi connectivity index (χ1v) is 7.31. The van der Waals surface area contributed by atoms with Crippen LogP contribution < -0.4 is 5.32 Å². The number of hydrogen-bond donors (Lipinski definition) is 1. The Bertz CT molecular complexity index is 394. The van der Waals surface area contributed by atoms with Crippen molar-refractivity contribution in [3.63, 3.8) is 0 Å². The van der Waals surface area contributed by atoms with Gasteiger partial charge in [-0.05, 0) is 63.0 Å². The molecular formula is C16H24N2. The number of rotatable bonds is 4. The van der Waals surface area contributed by atoms with Crippen LogP contribution in [0.5, 0.6) is 0 Å². The molecule has 1 N–H and O–H groups in total. The van der Waals surface area contributed by atoms with Crippen molar-refractivity contribution in [2.24, 2.45) is 5.92 Å². The van der Waals surface area contributed by atoms with Gasteiger partial charge in [0.1, 0.15) is 0 Å². The normalized spacial score (nSPS) is 24.6. The average molecular weight is 244 g/mol. The maximum Gasteiger partial charge on any atom is 0.00536 e. The molecule has 1 atom stereocenters. The zero-order valence-corrected chi connectivity index (χ0v) is 11.4. The molecule has 1 heterocycles. The van der Waals surface area contributed by atoms with Gasteiger partial charge in [-0.15, -0.1) is 0 Å². The third-order valence-electron chi connectivity index (χ3n) is 4.64. The number of piperidine rings is 1. The minimum absolute atomic E-state index is 0.807. The van der Waals surface area contributed by atoms with Crippen LogP contribution in [0.25, 0.3) is 0 Å². The monoisotopic (exact) mass is 244 g/mol. The van der Waals surface area contributed by atoms with Crippen molar-refractivity contribution in [2.45, 2.75) is 25.2 Å². The standard InChI is InChI=1S/C16H24N2/c1-17-11-13-6-8-18(9-7-13)12-15-10-14-4-2-3-5-16(14)15/h2-5,13,15,17H,6-12H2,1H3. The van der Waals surface area contributed by atoms with E-state index in [2.05, 4.69) is 41.5 Å². The van der Waals surface area contributed by atoms with Crippen molar-refractivity contribution in [3.05, 3.63) is 35.4 Å². The van der Waals surface area contributed by atoms with E-state index in [-0.39, 0.29) is 0 Å². The highest BCUT2D eigenvalue weighted by Gasteiger charge is 2.28. The van der Waals surface area contributed by atoms with Gasteiger partial charge in [-0.2, -0.15) is 0 Å². The van der Waals surface area contributed by atoms with E-state index >= 15 is 0 Å². The fourth-order valence-electron chi connectivity index (χ4n) is 3.50. The number of fused-ring (bicyclic) bond motifs is 1. The minimum atomic E-state index is 0.807. The lowest BCUT2D eigenvalue weighted by Crippen LogP contribution is -2.40. The van der Waals surface area contributed by atoms with E-state index in [0.29, 0.717) is 0 Å². The summed E-state index contributed by atoms with van der Waals surface area (Å²) in [6.07, 6.45) is 4.04. The topological polar surface area (TPSA) is 15.3 Å². The highest BCUT2D eigenvalue weighted by atomic mass is 15.1. The van der Waals surface area contributed by atoms with Gasteiger partial charge in [0, 0.05) is 12.5 Å². The molecule has 0 radical (unpaired) electrons. The lowest BCUT2D eigenvalue weighted by molar-refractivity contribution is 0.170. The van der Waals surface area contributed by atoms with Gasteiger partial charge in [-0.1, -0.05) is 24.3 Å². The Kier molecular flexibility index (Phi) is 3.67. The van der Waals surface area contributed by atoms with Gasteiger partial charge in [0.2, 0.25) is 0 Å². The van der Waals surface area contributed by atoms with Crippen LogP contribution in [0, 0.1) is 5.92 Å². The van der Waals surface area contributed by atoms with Crippen molar-refractivity contribution >= 4 is 0 Å². The molecule has 0 bridgehead atoms. The lowest BCUT2D eigenvalue weighted by Gasteiger charge is -2.38. The molecule has 2 nitrogen and oxygen atoms in total. The van der Waals surface area contributed by atoms with E-state index in [1.54, 1.807) is 11.1 Å². The Labute approximate surface area is 110 Å². The molecule has 0 aromatic heterocycles.